The molecule has 4 aromatic rings. The molecule has 0 amide bonds. The number of fused-ring (bicyclic) bond motifs is 1. The van der Waals surface area contributed by atoms with E-state index in [1.807, 2.05) is 36.5 Å². The molecule has 200 valence electrons. The molecule has 1 heterocycles. The second kappa shape index (κ2) is 12.9. The van der Waals surface area contributed by atoms with Crippen LogP contribution in [0.2, 0.25) is 0 Å². The zero-order chi connectivity index (χ0) is 27.0. The van der Waals surface area contributed by atoms with Crippen LogP contribution in [0, 0.1) is 5.82 Å². The lowest BCUT2D eigenvalue weighted by molar-refractivity contribution is -0.153. The van der Waals surface area contributed by atoms with Gasteiger partial charge >= 0.3 is 6.18 Å². The summed E-state index contributed by atoms with van der Waals surface area (Å²) in [4.78, 5) is 4.58. The highest BCUT2D eigenvalue weighted by molar-refractivity contribution is 5.84. The maximum absolute atomic E-state index is 15.2. The Labute approximate surface area is 220 Å². The van der Waals surface area contributed by atoms with Gasteiger partial charge < -0.3 is 9.47 Å². The lowest BCUT2D eigenvalue weighted by Crippen LogP contribution is -2.19. The Morgan fingerprint density at radius 1 is 0.763 bits per heavy atom. The second-order valence-electron chi connectivity index (χ2n) is 9.40. The number of nitrogens with zero attached hydrogens (tertiary/aromatic N) is 1. The number of hydrogen-bond donors (Lipinski definition) is 0. The molecule has 7 heteroatoms. The largest absolute Gasteiger partial charge is 0.484 e. The first-order chi connectivity index (χ1) is 18.3. The second-order valence-corrected chi connectivity index (χ2v) is 9.40. The Balaban J connectivity index is 1.33. The van der Waals surface area contributed by atoms with Gasteiger partial charge in [-0.3, -0.25) is 4.98 Å². The summed E-state index contributed by atoms with van der Waals surface area (Å²) in [5.74, 6) is -0.0746. The number of rotatable bonds is 12. The van der Waals surface area contributed by atoms with Gasteiger partial charge in [-0.25, -0.2) is 4.39 Å². The van der Waals surface area contributed by atoms with Crippen molar-refractivity contribution in [3.63, 3.8) is 0 Å². The van der Waals surface area contributed by atoms with Crippen molar-refractivity contribution in [1.82, 2.24) is 4.98 Å². The van der Waals surface area contributed by atoms with Crippen LogP contribution in [0.5, 0.6) is 5.75 Å². The fourth-order valence-electron chi connectivity index (χ4n) is 4.38. The van der Waals surface area contributed by atoms with Crippen LogP contribution in [0.4, 0.5) is 17.6 Å². The number of benzene rings is 3. The van der Waals surface area contributed by atoms with Gasteiger partial charge in [-0.15, -0.1) is 0 Å². The van der Waals surface area contributed by atoms with Crippen molar-refractivity contribution in [2.45, 2.75) is 44.7 Å². The average molecular weight is 526 g/mol. The number of ether oxygens (including phenoxy) is 2. The van der Waals surface area contributed by atoms with E-state index >= 15 is 4.39 Å². The van der Waals surface area contributed by atoms with Crippen molar-refractivity contribution in [3.05, 3.63) is 107 Å². The van der Waals surface area contributed by atoms with Gasteiger partial charge in [0.05, 0.1) is 0 Å². The molecule has 0 saturated heterocycles. The molecule has 3 nitrogen and oxygen atoms in total. The van der Waals surface area contributed by atoms with Crippen LogP contribution in [-0.4, -0.2) is 31.5 Å². The first-order valence-corrected chi connectivity index (χ1v) is 12.7. The summed E-state index contributed by atoms with van der Waals surface area (Å²) in [6.07, 6.45) is 2.16. The predicted molar refractivity (Wildman–Crippen MR) is 141 cm³/mol. The molecule has 38 heavy (non-hydrogen) atoms. The van der Waals surface area contributed by atoms with Crippen LogP contribution in [0.15, 0.2) is 72.9 Å². The van der Waals surface area contributed by atoms with Gasteiger partial charge in [-0.05, 0) is 84.4 Å². The number of hydrogen-bond acceptors (Lipinski definition) is 3. The smallest absolute Gasteiger partial charge is 0.422 e. The monoisotopic (exact) mass is 525 g/mol. The molecular formula is C31H31F4NO2. The maximum atomic E-state index is 15.2. The maximum Gasteiger partial charge on any atom is 0.422 e. The molecule has 0 fully saturated rings. The zero-order valence-electron chi connectivity index (χ0n) is 21.4. The van der Waals surface area contributed by atoms with Crippen LogP contribution in [-0.2, 0) is 36.8 Å². The average Bonchev–Trinajstić information content (AvgIpc) is 2.91. The lowest BCUT2D eigenvalue weighted by atomic mass is 9.98. The number of halogens is 4. The molecule has 0 aliphatic rings. The highest BCUT2D eigenvalue weighted by atomic mass is 19.4. The van der Waals surface area contributed by atoms with Gasteiger partial charge in [0.2, 0.25) is 0 Å². The quantitative estimate of drug-likeness (QED) is 0.142. The van der Waals surface area contributed by atoms with Crippen LogP contribution >= 0.6 is 0 Å². The highest BCUT2D eigenvalue weighted by Gasteiger charge is 2.28. The molecule has 4 rings (SSSR count). The van der Waals surface area contributed by atoms with Crippen molar-refractivity contribution >= 4 is 10.8 Å². The zero-order valence-corrected chi connectivity index (χ0v) is 21.4. The minimum absolute atomic E-state index is 0.157. The van der Waals surface area contributed by atoms with E-state index < -0.39 is 12.8 Å². The molecule has 0 aliphatic heterocycles. The van der Waals surface area contributed by atoms with Gasteiger partial charge in [0.15, 0.2) is 6.61 Å². The van der Waals surface area contributed by atoms with E-state index in [1.54, 1.807) is 19.2 Å². The summed E-state index contributed by atoms with van der Waals surface area (Å²) >= 11 is 0. The molecule has 0 unspecified atom stereocenters. The predicted octanol–water partition coefficient (Wildman–Crippen LogP) is 7.46. The molecule has 0 spiro atoms. The standard InChI is InChI=1S/C31H31F4NO2/c1-37-18-2-3-24-6-14-27(36-20-24)13-5-23-9-17-29-26(19-23)12-11-25(30(29)32)10-4-22-7-15-28(16-8-22)38-21-31(33,34)35/h6-9,11-12,14-17,19-20H,2-5,10,13,18,21H2,1H3. The molecule has 3 aromatic carbocycles. The van der Waals surface area contributed by atoms with Crippen molar-refractivity contribution in [1.29, 1.82) is 0 Å². The number of alkyl halides is 3. The molecule has 0 saturated carbocycles. The Bertz CT molecular complexity index is 1320. The van der Waals surface area contributed by atoms with Gasteiger partial charge in [-0.2, -0.15) is 13.2 Å². The number of aromatic nitrogens is 1. The van der Waals surface area contributed by atoms with Crippen LogP contribution < -0.4 is 4.74 Å². The van der Waals surface area contributed by atoms with Crippen molar-refractivity contribution in [2.24, 2.45) is 0 Å². The lowest BCUT2D eigenvalue weighted by Gasteiger charge is -2.11. The first kappa shape index (κ1) is 27.6. The third-order valence-electron chi connectivity index (χ3n) is 6.48. The van der Waals surface area contributed by atoms with Crippen molar-refractivity contribution < 1.29 is 27.0 Å². The van der Waals surface area contributed by atoms with E-state index in [9.17, 15) is 13.2 Å². The number of aryl methyl sites for hydroxylation is 5. The van der Waals surface area contributed by atoms with Gasteiger partial charge in [-0.1, -0.05) is 48.5 Å². The van der Waals surface area contributed by atoms with Crippen molar-refractivity contribution in [2.75, 3.05) is 20.3 Å². The Morgan fingerprint density at radius 2 is 1.50 bits per heavy atom. The molecule has 0 N–H and O–H groups in total. The van der Waals surface area contributed by atoms with Crippen LogP contribution in [0.1, 0.15) is 34.4 Å². The van der Waals surface area contributed by atoms with Gasteiger partial charge in [0.25, 0.3) is 0 Å². The first-order valence-electron chi connectivity index (χ1n) is 12.7. The summed E-state index contributed by atoms with van der Waals surface area (Å²) < 4.78 is 62.0. The molecule has 0 bridgehead atoms. The minimum atomic E-state index is -4.37. The fourth-order valence-corrected chi connectivity index (χ4v) is 4.38. The highest BCUT2D eigenvalue weighted by Crippen LogP contribution is 2.25. The topological polar surface area (TPSA) is 31.4 Å². The van der Waals surface area contributed by atoms with Gasteiger partial charge in [0, 0.05) is 31.0 Å². The van der Waals surface area contributed by atoms with Crippen LogP contribution in [0.3, 0.4) is 0 Å². The molecule has 0 atom stereocenters. The normalized spacial score (nSPS) is 11.7. The third-order valence-corrected chi connectivity index (χ3v) is 6.48. The molecule has 1 aromatic heterocycles. The van der Waals surface area contributed by atoms with Crippen molar-refractivity contribution in [3.8, 4) is 5.75 Å². The SMILES string of the molecule is COCCCc1ccc(CCc2ccc3c(F)c(CCc4ccc(OCC(F)(F)F)cc4)ccc3c2)nc1. The number of pyridine rings is 1. The summed E-state index contributed by atoms with van der Waals surface area (Å²) in [6.45, 7) is -0.581. The molecule has 0 aliphatic carbocycles. The Kier molecular flexibility index (Phi) is 9.34. The molecular weight excluding hydrogens is 494 g/mol. The fraction of sp³-hybridized carbons (Fsp3) is 0.323. The van der Waals surface area contributed by atoms with E-state index in [0.717, 1.165) is 54.5 Å². The van der Waals surface area contributed by atoms with E-state index in [0.29, 0.717) is 23.8 Å². The van der Waals surface area contributed by atoms with Crippen LogP contribution in [0.25, 0.3) is 10.8 Å². The third kappa shape index (κ3) is 8.02. The van der Waals surface area contributed by atoms with Gasteiger partial charge in [0.1, 0.15) is 11.6 Å². The minimum Gasteiger partial charge on any atom is -0.484 e. The van der Waals surface area contributed by atoms with E-state index in [1.165, 1.54) is 17.7 Å². The summed E-state index contributed by atoms with van der Waals surface area (Å²) in [7, 11) is 1.70. The Hall–Kier alpha value is -3.45. The summed E-state index contributed by atoms with van der Waals surface area (Å²) in [5.41, 5.74) is 4.87. The summed E-state index contributed by atoms with van der Waals surface area (Å²) in [6, 6.07) is 20.2. The van der Waals surface area contributed by atoms with E-state index in [4.69, 9.17) is 9.47 Å². The van der Waals surface area contributed by atoms with E-state index in [2.05, 4.69) is 17.1 Å². The number of methoxy groups -OCH3 is 1. The molecule has 0 radical (unpaired) electrons. The van der Waals surface area contributed by atoms with E-state index in [-0.39, 0.29) is 11.6 Å². The Morgan fingerprint density at radius 3 is 2.21 bits per heavy atom. The summed E-state index contributed by atoms with van der Waals surface area (Å²) in [5, 5.41) is 1.44.